The molecule has 1 N–H and O–H groups in total. The van der Waals surface area contributed by atoms with Crippen LogP contribution in [0, 0.1) is 17.8 Å². The van der Waals surface area contributed by atoms with Gasteiger partial charge in [0.15, 0.2) is 5.78 Å². The molecule has 0 heterocycles. The zero-order valence-corrected chi connectivity index (χ0v) is 9.79. The van der Waals surface area contributed by atoms with E-state index in [0.717, 1.165) is 18.4 Å². The summed E-state index contributed by atoms with van der Waals surface area (Å²) in [6, 6.07) is 0. The Labute approximate surface area is 91.4 Å². The maximum Gasteiger partial charge on any atom is 0.158 e. The second-order valence-electron chi connectivity index (χ2n) is 5.50. The maximum atomic E-state index is 11.5. The van der Waals surface area contributed by atoms with Crippen molar-refractivity contribution in [3.8, 4) is 0 Å². The van der Waals surface area contributed by atoms with Crippen molar-refractivity contribution in [1.29, 1.82) is 0 Å². The first-order valence-corrected chi connectivity index (χ1v) is 5.92. The Morgan fingerprint density at radius 3 is 2.73 bits per heavy atom. The number of fused-ring (bicyclic) bond motifs is 1. The van der Waals surface area contributed by atoms with Gasteiger partial charge in [-0.15, -0.1) is 0 Å². The topological polar surface area (TPSA) is 37.3 Å². The Balaban J connectivity index is 2.37. The highest BCUT2D eigenvalue weighted by atomic mass is 16.3. The van der Waals surface area contributed by atoms with Gasteiger partial charge in [0.2, 0.25) is 0 Å². The van der Waals surface area contributed by atoms with Gasteiger partial charge in [-0.05, 0) is 42.2 Å². The van der Waals surface area contributed by atoms with E-state index in [1.165, 1.54) is 0 Å². The first-order valence-electron chi connectivity index (χ1n) is 5.92. The zero-order chi connectivity index (χ0) is 11.2. The summed E-state index contributed by atoms with van der Waals surface area (Å²) >= 11 is 0. The van der Waals surface area contributed by atoms with Crippen molar-refractivity contribution >= 4 is 5.78 Å². The minimum Gasteiger partial charge on any atom is -0.385 e. The number of ketones is 1. The highest BCUT2D eigenvalue weighted by Crippen LogP contribution is 2.48. The van der Waals surface area contributed by atoms with E-state index in [4.69, 9.17) is 0 Å². The Bertz CT molecular complexity index is 316. The minimum absolute atomic E-state index is 0.104. The van der Waals surface area contributed by atoms with E-state index in [2.05, 4.69) is 20.8 Å². The van der Waals surface area contributed by atoms with Gasteiger partial charge in [0.05, 0.1) is 5.60 Å². The van der Waals surface area contributed by atoms with Crippen LogP contribution in [0.1, 0.15) is 40.0 Å². The summed E-state index contributed by atoms with van der Waals surface area (Å²) in [6.45, 7) is 6.40. The molecule has 2 aliphatic carbocycles. The van der Waals surface area contributed by atoms with Crippen LogP contribution in [-0.4, -0.2) is 16.5 Å². The number of carbonyl (C=O) groups excluding carboxylic acids is 1. The lowest BCUT2D eigenvalue weighted by Gasteiger charge is -2.42. The summed E-state index contributed by atoms with van der Waals surface area (Å²) in [4.78, 5) is 11.5. The maximum absolute atomic E-state index is 11.5. The normalized spacial score (nSPS) is 40.6. The van der Waals surface area contributed by atoms with E-state index in [1.54, 1.807) is 6.08 Å². The smallest absolute Gasteiger partial charge is 0.158 e. The van der Waals surface area contributed by atoms with Crippen molar-refractivity contribution < 1.29 is 9.90 Å². The number of aliphatic hydroxyl groups is 1. The van der Waals surface area contributed by atoms with E-state index < -0.39 is 5.60 Å². The molecule has 0 aromatic rings. The third kappa shape index (κ3) is 1.55. The fraction of sp³-hybridized carbons (Fsp3) is 0.769. The first kappa shape index (κ1) is 10.9. The summed E-state index contributed by atoms with van der Waals surface area (Å²) in [6.07, 6.45) is 4.16. The van der Waals surface area contributed by atoms with E-state index in [1.807, 2.05) is 0 Å². The van der Waals surface area contributed by atoms with Crippen molar-refractivity contribution in [3.63, 3.8) is 0 Å². The molecule has 2 rings (SSSR count). The summed E-state index contributed by atoms with van der Waals surface area (Å²) in [5.74, 6) is 1.25. The summed E-state index contributed by atoms with van der Waals surface area (Å²) < 4.78 is 0. The van der Waals surface area contributed by atoms with Gasteiger partial charge in [0.25, 0.3) is 0 Å². The number of carbonyl (C=O) groups is 1. The molecule has 1 saturated carbocycles. The van der Waals surface area contributed by atoms with Gasteiger partial charge in [0, 0.05) is 6.42 Å². The van der Waals surface area contributed by atoms with Crippen molar-refractivity contribution in [2.75, 3.05) is 0 Å². The molecule has 15 heavy (non-hydrogen) atoms. The van der Waals surface area contributed by atoms with E-state index in [0.29, 0.717) is 18.3 Å². The van der Waals surface area contributed by atoms with Gasteiger partial charge in [-0.2, -0.15) is 0 Å². The van der Waals surface area contributed by atoms with Crippen LogP contribution in [0.15, 0.2) is 11.6 Å². The van der Waals surface area contributed by atoms with Crippen LogP contribution < -0.4 is 0 Å². The Hall–Kier alpha value is -0.630. The van der Waals surface area contributed by atoms with Gasteiger partial charge in [0.1, 0.15) is 0 Å². The average Bonchev–Trinajstić information content (AvgIpc) is 2.42. The molecule has 0 aromatic heterocycles. The van der Waals surface area contributed by atoms with E-state index >= 15 is 0 Å². The number of rotatable bonds is 1. The number of hydrogen-bond donors (Lipinski definition) is 1. The number of allylic oxidation sites excluding steroid dienone is 1. The predicted molar refractivity (Wildman–Crippen MR) is 59.4 cm³/mol. The van der Waals surface area contributed by atoms with Crippen LogP contribution in [-0.2, 0) is 4.79 Å². The van der Waals surface area contributed by atoms with Gasteiger partial charge >= 0.3 is 0 Å². The lowest BCUT2D eigenvalue weighted by molar-refractivity contribution is -0.118. The Morgan fingerprint density at radius 1 is 1.47 bits per heavy atom. The summed E-state index contributed by atoms with van der Waals surface area (Å²) in [7, 11) is 0. The lowest BCUT2D eigenvalue weighted by Crippen LogP contribution is -2.44. The van der Waals surface area contributed by atoms with Crippen LogP contribution in [0.25, 0.3) is 0 Å². The van der Waals surface area contributed by atoms with Crippen LogP contribution >= 0.6 is 0 Å². The third-order valence-electron chi connectivity index (χ3n) is 4.19. The highest BCUT2D eigenvalue weighted by molar-refractivity contribution is 5.95. The van der Waals surface area contributed by atoms with Crippen molar-refractivity contribution in [2.45, 2.75) is 45.6 Å². The van der Waals surface area contributed by atoms with Crippen LogP contribution in [0.5, 0.6) is 0 Å². The zero-order valence-electron chi connectivity index (χ0n) is 9.79. The molecule has 2 nitrogen and oxygen atoms in total. The predicted octanol–water partition coefficient (Wildman–Crippen LogP) is 2.32. The molecule has 3 atom stereocenters. The van der Waals surface area contributed by atoms with Crippen LogP contribution in [0.4, 0.5) is 0 Å². The van der Waals surface area contributed by atoms with Crippen molar-refractivity contribution in [2.24, 2.45) is 17.8 Å². The monoisotopic (exact) mass is 208 g/mol. The quantitative estimate of drug-likeness (QED) is 0.718. The fourth-order valence-electron chi connectivity index (χ4n) is 3.12. The Kier molecular flexibility index (Phi) is 2.50. The van der Waals surface area contributed by atoms with E-state index in [-0.39, 0.29) is 11.7 Å². The molecule has 0 saturated heterocycles. The third-order valence-corrected chi connectivity index (χ3v) is 4.19. The molecule has 0 radical (unpaired) electrons. The van der Waals surface area contributed by atoms with Crippen LogP contribution in [0.2, 0.25) is 0 Å². The molecule has 0 bridgehead atoms. The van der Waals surface area contributed by atoms with Gasteiger partial charge in [-0.1, -0.05) is 20.8 Å². The van der Waals surface area contributed by atoms with E-state index in [9.17, 15) is 9.90 Å². The lowest BCUT2D eigenvalue weighted by atomic mass is 9.66. The largest absolute Gasteiger partial charge is 0.385 e. The highest BCUT2D eigenvalue weighted by Gasteiger charge is 2.49. The second kappa shape index (κ2) is 3.44. The molecule has 0 aromatic carbocycles. The average molecular weight is 208 g/mol. The molecule has 0 aliphatic heterocycles. The second-order valence-corrected chi connectivity index (χ2v) is 5.50. The van der Waals surface area contributed by atoms with Crippen molar-refractivity contribution in [1.82, 2.24) is 0 Å². The number of hydrogen-bond acceptors (Lipinski definition) is 2. The molecular weight excluding hydrogens is 188 g/mol. The fourth-order valence-corrected chi connectivity index (χ4v) is 3.12. The molecule has 0 unspecified atom stereocenters. The molecule has 0 spiro atoms. The standard InChI is InChI=1S/C13H20O2/c1-8(2)11-5-4-9(3)13(15)7-10(14)6-12(11)13/h6,8-9,11,15H,4-5,7H2,1-3H3/t9-,11+,13+/m1/s1. The Morgan fingerprint density at radius 2 is 2.13 bits per heavy atom. The molecule has 1 fully saturated rings. The van der Waals surface area contributed by atoms with Crippen molar-refractivity contribution in [3.05, 3.63) is 11.6 Å². The minimum atomic E-state index is -0.815. The molecule has 0 amide bonds. The SMILES string of the molecule is CC(C)[C@@H]1CC[C@@H](C)[C@@]2(O)CC(=O)C=C12. The van der Waals surface area contributed by atoms with Gasteiger partial charge in [-0.25, -0.2) is 0 Å². The van der Waals surface area contributed by atoms with Gasteiger partial charge in [-0.3, -0.25) is 4.79 Å². The summed E-state index contributed by atoms with van der Waals surface area (Å²) in [5.41, 5.74) is 0.200. The molecule has 84 valence electrons. The molecule has 2 aliphatic rings. The molecule has 2 heteroatoms. The first-order chi connectivity index (χ1) is 6.95. The molecular formula is C13H20O2. The van der Waals surface area contributed by atoms with Gasteiger partial charge < -0.3 is 5.11 Å². The summed E-state index contributed by atoms with van der Waals surface area (Å²) in [5, 5.41) is 10.6. The van der Waals surface area contributed by atoms with Crippen LogP contribution in [0.3, 0.4) is 0 Å².